The molecule has 0 saturated heterocycles. The first-order valence-corrected chi connectivity index (χ1v) is 9.59. The fourth-order valence-corrected chi connectivity index (χ4v) is 5.00. The van der Waals surface area contributed by atoms with E-state index in [1.807, 2.05) is 24.3 Å². The van der Waals surface area contributed by atoms with Gasteiger partial charge in [-0.1, -0.05) is 44.0 Å². The van der Waals surface area contributed by atoms with E-state index in [9.17, 15) is 8.42 Å². The highest BCUT2D eigenvalue weighted by Gasteiger charge is 2.28. The third-order valence-electron chi connectivity index (χ3n) is 4.77. The van der Waals surface area contributed by atoms with Gasteiger partial charge in [-0.25, -0.2) is 13.1 Å². The van der Waals surface area contributed by atoms with Gasteiger partial charge in [-0.05, 0) is 30.9 Å². The van der Waals surface area contributed by atoms with Crippen molar-refractivity contribution in [3.8, 4) is 5.75 Å². The van der Waals surface area contributed by atoms with Crippen LogP contribution in [-0.4, -0.2) is 21.6 Å². The molecule has 4 nitrogen and oxygen atoms in total. The predicted molar refractivity (Wildman–Crippen MR) is 92.2 cm³/mol. The number of ether oxygens (including phenoxy) is 1. The van der Waals surface area contributed by atoms with Crippen LogP contribution in [0.5, 0.6) is 5.75 Å². The monoisotopic (exact) mass is 333 g/mol. The number of benzene rings is 2. The highest BCUT2D eigenvalue weighted by atomic mass is 32.2. The minimum Gasteiger partial charge on any atom is -0.496 e. The summed E-state index contributed by atoms with van der Waals surface area (Å²) in [4.78, 5) is 0.326. The fourth-order valence-electron chi connectivity index (χ4n) is 3.41. The Bertz CT molecular complexity index is 801. The molecule has 3 rings (SSSR count). The molecule has 0 aromatic heterocycles. The van der Waals surface area contributed by atoms with Crippen LogP contribution in [-0.2, 0) is 10.0 Å². The molecule has 1 aliphatic rings. The van der Waals surface area contributed by atoms with Crippen molar-refractivity contribution in [2.45, 2.75) is 43.5 Å². The fraction of sp³-hybridized carbons (Fsp3) is 0.444. The van der Waals surface area contributed by atoms with Gasteiger partial charge in [0.1, 0.15) is 5.75 Å². The van der Waals surface area contributed by atoms with Crippen LogP contribution in [0, 0.1) is 5.92 Å². The largest absolute Gasteiger partial charge is 0.496 e. The topological polar surface area (TPSA) is 55.4 Å². The Labute approximate surface area is 137 Å². The molecule has 1 aliphatic carbocycles. The molecule has 0 amide bonds. The third-order valence-corrected chi connectivity index (χ3v) is 6.32. The number of methoxy groups -OCH3 is 1. The molecule has 5 heteroatoms. The summed E-state index contributed by atoms with van der Waals surface area (Å²) in [6.45, 7) is 2.12. The second-order valence-electron chi connectivity index (χ2n) is 6.30. The SMILES string of the molecule is COc1ccc(S(=O)(=O)NC2CCCCC2C)c2ccccc12. The summed E-state index contributed by atoms with van der Waals surface area (Å²) in [7, 11) is -1.95. The minimum atomic E-state index is -3.55. The van der Waals surface area contributed by atoms with Gasteiger partial charge in [0.05, 0.1) is 12.0 Å². The summed E-state index contributed by atoms with van der Waals surface area (Å²) in [6.07, 6.45) is 4.26. The van der Waals surface area contributed by atoms with Gasteiger partial charge in [-0.3, -0.25) is 0 Å². The van der Waals surface area contributed by atoms with E-state index >= 15 is 0 Å². The van der Waals surface area contributed by atoms with Crippen LogP contribution in [0.4, 0.5) is 0 Å². The highest BCUT2D eigenvalue weighted by molar-refractivity contribution is 7.89. The number of rotatable bonds is 4. The van der Waals surface area contributed by atoms with Crippen LogP contribution in [0.2, 0.25) is 0 Å². The van der Waals surface area contributed by atoms with Crippen molar-refractivity contribution in [1.29, 1.82) is 0 Å². The summed E-state index contributed by atoms with van der Waals surface area (Å²) in [5.74, 6) is 1.06. The molecule has 2 aromatic rings. The maximum Gasteiger partial charge on any atom is 0.241 e. The van der Waals surface area contributed by atoms with Gasteiger partial charge in [0.15, 0.2) is 0 Å². The third kappa shape index (κ3) is 3.21. The first kappa shape index (κ1) is 16.3. The number of hydrogen-bond donors (Lipinski definition) is 1. The Morgan fingerprint density at radius 3 is 2.43 bits per heavy atom. The van der Waals surface area contributed by atoms with Crippen LogP contribution >= 0.6 is 0 Å². The van der Waals surface area contributed by atoms with Crippen molar-refractivity contribution < 1.29 is 13.2 Å². The van der Waals surface area contributed by atoms with Crippen LogP contribution in [0.25, 0.3) is 10.8 Å². The summed E-state index contributed by atoms with van der Waals surface area (Å²) < 4.78 is 34.1. The van der Waals surface area contributed by atoms with E-state index < -0.39 is 10.0 Å². The molecule has 0 aliphatic heterocycles. The van der Waals surface area contributed by atoms with Gasteiger partial charge in [0.2, 0.25) is 10.0 Å². The molecule has 2 aromatic carbocycles. The van der Waals surface area contributed by atoms with Crippen molar-refractivity contribution in [3.05, 3.63) is 36.4 Å². The Morgan fingerprint density at radius 2 is 1.74 bits per heavy atom. The Balaban J connectivity index is 2.01. The summed E-state index contributed by atoms with van der Waals surface area (Å²) >= 11 is 0. The van der Waals surface area contributed by atoms with Crippen molar-refractivity contribution in [2.24, 2.45) is 5.92 Å². The van der Waals surface area contributed by atoms with Crippen molar-refractivity contribution in [3.63, 3.8) is 0 Å². The molecular formula is C18H23NO3S. The lowest BCUT2D eigenvalue weighted by atomic mass is 9.87. The number of sulfonamides is 1. The van der Waals surface area contributed by atoms with Gasteiger partial charge in [0, 0.05) is 16.8 Å². The lowest BCUT2D eigenvalue weighted by Crippen LogP contribution is -2.41. The van der Waals surface area contributed by atoms with Crippen LogP contribution in [0.3, 0.4) is 0 Å². The van der Waals surface area contributed by atoms with Crippen molar-refractivity contribution >= 4 is 20.8 Å². The number of hydrogen-bond acceptors (Lipinski definition) is 3. The van der Waals surface area contributed by atoms with Crippen LogP contribution < -0.4 is 9.46 Å². The van der Waals surface area contributed by atoms with E-state index in [4.69, 9.17) is 4.74 Å². The van der Waals surface area contributed by atoms with E-state index in [1.54, 1.807) is 19.2 Å². The van der Waals surface area contributed by atoms with E-state index in [0.29, 0.717) is 21.9 Å². The molecule has 0 radical (unpaired) electrons. The lowest BCUT2D eigenvalue weighted by molar-refractivity contribution is 0.310. The van der Waals surface area contributed by atoms with Gasteiger partial charge in [0.25, 0.3) is 0 Å². The Kier molecular flexibility index (Phi) is 4.60. The molecule has 0 spiro atoms. The average Bonchev–Trinajstić information content (AvgIpc) is 2.55. The Hall–Kier alpha value is -1.59. The standard InChI is InChI=1S/C18H23NO3S/c1-13-7-3-6-10-16(13)19-23(20,21)18-12-11-17(22-2)14-8-4-5-9-15(14)18/h4-5,8-9,11-13,16,19H,3,6-7,10H2,1-2H3. The maximum absolute atomic E-state index is 12.9. The second-order valence-corrected chi connectivity index (χ2v) is 7.98. The normalized spacial score (nSPS) is 22.2. The molecule has 1 saturated carbocycles. The quantitative estimate of drug-likeness (QED) is 0.928. The maximum atomic E-state index is 12.9. The molecule has 2 atom stereocenters. The first-order valence-electron chi connectivity index (χ1n) is 8.11. The van der Waals surface area contributed by atoms with Crippen molar-refractivity contribution in [1.82, 2.24) is 4.72 Å². The zero-order valence-corrected chi connectivity index (χ0v) is 14.4. The second kappa shape index (κ2) is 6.49. The summed E-state index contributed by atoms with van der Waals surface area (Å²) in [5, 5.41) is 1.51. The zero-order valence-electron chi connectivity index (χ0n) is 13.6. The molecule has 124 valence electrons. The molecule has 23 heavy (non-hydrogen) atoms. The smallest absolute Gasteiger partial charge is 0.241 e. The van der Waals surface area contributed by atoms with Gasteiger partial charge in [-0.15, -0.1) is 0 Å². The predicted octanol–water partition coefficient (Wildman–Crippen LogP) is 3.71. The molecular weight excluding hydrogens is 310 g/mol. The van der Waals surface area contributed by atoms with Gasteiger partial charge in [-0.2, -0.15) is 0 Å². The van der Waals surface area contributed by atoms with Crippen LogP contribution in [0.1, 0.15) is 32.6 Å². The summed E-state index contributed by atoms with van der Waals surface area (Å²) in [5.41, 5.74) is 0. The lowest BCUT2D eigenvalue weighted by Gasteiger charge is -2.29. The molecule has 2 unspecified atom stereocenters. The molecule has 0 heterocycles. The minimum absolute atomic E-state index is 0.0228. The summed E-state index contributed by atoms with van der Waals surface area (Å²) in [6, 6.07) is 10.8. The Morgan fingerprint density at radius 1 is 1.04 bits per heavy atom. The van der Waals surface area contributed by atoms with E-state index in [-0.39, 0.29) is 6.04 Å². The van der Waals surface area contributed by atoms with E-state index in [2.05, 4.69) is 11.6 Å². The van der Waals surface area contributed by atoms with Gasteiger partial charge < -0.3 is 4.74 Å². The highest BCUT2D eigenvalue weighted by Crippen LogP contribution is 2.32. The van der Waals surface area contributed by atoms with E-state index in [0.717, 1.165) is 24.6 Å². The first-order chi connectivity index (χ1) is 11.0. The van der Waals surface area contributed by atoms with Crippen LogP contribution in [0.15, 0.2) is 41.3 Å². The molecule has 1 N–H and O–H groups in total. The van der Waals surface area contributed by atoms with Gasteiger partial charge >= 0.3 is 0 Å². The number of nitrogens with one attached hydrogen (secondary N) is 1. The number of fused-ring (bicyclic) bond motifs is 1. The van der Waals surface area contributed by atoms with Crippen molar-refractivity contribution in [2.75, 3.05) is 7.11 Å². The van der Waals surface area contributed by atoms with E-state index in [1.165, 1.54) is 6.42 Å². The molecule has 0 bridgehead atoms. The average molecular weight is 333 g/mol. The zero-order chi connectivity index (χ0) is 16.4. The molecule has 1 fully saturated rings.